The van der Waals surface area contributed by atoms with Gasteiger partial charge >= 0.3 is 0 Å². The molecule has 1 rings (SSSR count). The van der Waals surface area contributed by atoms with Gasteiger partial charge in [-0.25, -0.2) is 4.99 Å². The molecule has 6 nitrogen and oxygen atoms in total. The van der Waals surface area contributed by atoms with Gasteiger partial charge in [0.2, 0.25) is 5.91 Å². The highest BCUT2D eigenvalue weighted by molar-refractivity contribution is 14.0. The van der Waals surface area contributed by atoms with Crippen LogP contribution in [0.1, 0.15) is 19.3 Å². The Balaban J connectivity index is 0.00000400. The first-order chi connectivity index (χ1) is 9.63. The van der Waals surface area contributed by atoms with Gasteiger partial charge in [0, 0.05) is 33.8 Å². The molecule has 0 aromatic carbocycles. The number of carbonyl (C=O) groups excluding carboxylic acids is 1. The lowest BCUT2D eigenvalue weighted by molar-refractivity contribution is -0.127. The Morgan fingerprint density at radius 1 is 1.43 bits per heavy atom. The summed E-state index contributed by atoms with van der Waals surface area (Å²) >= 11 is 0. The SMILES string of the molecule is CN(C)C(=O)CN=C(NCCCF)NCC1CCCO1.I. The van der Waals surface area contributed by atoms with Crippen molar-refractivity contribution in [2.45, 2.75) is 25.4 Å². The van der Waals surface area contributed by atoms with E-state index >= 15 is 0 Å². The predicted molar refractivity (Wildman–Crippen MR) is 92.0 cm³/mol. The smallest absolute Gasteiger partial charge is 0.243 e. The van der Waals surface area contributed by atoms with Crippen molar-refractivity contribution in [2.75, 3.05) is 47.0 Å². The van der Waals surface area contributed by atoms with Gasteiger partial charge in [-0.2, -0.15) is 0 Å². The Hall–Kier alpha value is -0.640. The molecule has 1 amide bonds. The standard InChI is InChI=1S/C13H25FN4O2.HI/c1-18(2)12(19)10-17-13(15-7-4-6-14)16-9-11-5-3-8-20-11;/h11H,3-10H2,1-2H3,(H2,15,16,17);1H. The molecule has 21 heavy (non-hydrogen) atoms. The van der Waals surface area contributed by atoms with E-state index in [1.807, 2.05) is 0 Å². The molecular weight excluding hydrogens is 390 g/mol. The van der Waals surface area contributed by atoms with Gasteiger partial charge < -0.3 is 20.3 Å². The van der Waals surface area contributed by atoms with Crippen LogP contribution in [0.2, 0.25) is 0 Å². The zero-order chi connectivity index (χ0) is 14.8. The zero-order valence-electron chi connectivity index (χ0n) is 12.7. The minimum atomic E-state index is -0.372. The normalized spacial score (nSPS) is 18.0. The third kappa shape index (κ3) is 9.07. The Kier molecular flexibility index (Phi) is 11.6. The fourth-order valence-corrected chi connectivity index (χ4v) is 1.75. The van der Waals surface area contributed by atoms with Crippen molar-refractivity contribution in [3.05, 3.63) is 0 Å². The lowest BCUT2D eigenvalue weighted by Crippen LogP contribution is -2.42. The Morgan fingerprint density at radius 3 is 2.76 bits per heavy atom. The summed E-state index contributed by atoms with van der Waals surface area (Å²) in [5, 5.41) is 6.15. The van der Waals surface area contributed by atoms with E-state index in [9.17, 15) is 9.18 Å². The van der Waals surface area contributed by atoms with Gasteiger partial charge in [0.25, 0.3) is 0 Å². The Morgan fingerprint density at radius 2 is 2.19 bits per heavy atom. The number of guanidine groups is 1. The third-order valence-electron chi connectivity index (χ3n) is 3.00. The van der Waals surface area contributed by atoms with Crippen molar-refractivity contribution in [1.82, 2.24) is 15.5 Å². The molecule has 0 bridgehead atoms. The molecule has 0 aromatic rings. The minimum absolute atomic E-state index is 0. The molecule has 1 unspecified atom stereocenters. The van der Waals surface area contributed by atoms with Gasteiger partial charge in [-0.15, -0.1) is 24.0 Å². The fourth-order valence-electron chi connectivity index (χ4n) is 1.75. The fraction of sp³-hybridized carbons (Fsp3) is 0.846. The summed E-state index contributed by atoms with van der Waals surface area (Å²) in [6.45, 7) is 1.64. The van der Waals surface area contributed by atoms with Crippen LogP contribution >= 0.6 is 24.0 Å². The molecule has 0 radical (unpaired) electrons. The first-order valence-corrected chi connectivity index (χ1v) is 7.03. The van der Waals surface area contributed by atoms with Gasteiger partial charge in [-0.1, -0.05) is 0 Å². The second kappa shape index (κ2) is 12.0. The quantitative estimate of drug-likeness (QED) is 0.279. The third-order valence-corrected chi connectivity index (χ3v) is 3.00. The van der Waals surface area contributed by atoms with Crippen LogP contribution in [0.5, 0.6) is 0 Å². The summed E-state index contributed by atoms with van der Waals surface area (Å²) in [6, 6.07) is 0. The van der Waals surface area contributed by atoms with Crippen LogP contribution in [-0.4, -0.2) is 69.9 Å². The van der Waals surface area contributed by atoms with Gasteiger partial charge in [-0.3, -0.25) is 9.18 Å². The number of alkyl halides is 1. The van der Waals surface area contributed by atoms with Gasteiger partial charge in [0.05, 0.1) is 12.8 Å². The van der Waals surface area contributed by atoms with Gasteiger partial charge in [0.1, 0.15) is 6.54 Å². The van der Waals surface area contributed by atoms with Crippen molar-refractivity contribution >= 4 is 35.8 Å². The van der Waals surface area contributed by atoms with E-state index in [1.165, 1.54) is 4.90 Å². The van der Waals surface area contributed by atoms with E-state index in [0.29, 0.717) is 25.5 Å². The summed E-state index contributed by atoms with van der Waals surface area (Å²) < 4.78 is 17.6. The molecule has 124 valence electrons. The molecule has 1 fully saturated rings. The highest BCUT2D eigenvalue weighted by Gasteiger charge is 2.15. The lowest BCUT2D eigenvalue weighted by atomic mass is 10.2. The first kappa shape index (κ1) is 20.4. The van der Waals surface area contributed by atoms with Gasteiger partial charge in [0.15, 0.2) is 5.96 Å². The monoisotopic (exact) mass is 416 g/mol. The lowest BCUT2D eigenvalue weighted by Gasteiger charge is -2.16. The van der Waals surface area contributed by atoms with Crippen molar-refractivity contribution in [3.63, 3.8) is 0 Å². The summed E-state index contributed by atoms with van der Waals surface area (Å²) in [7, 11) is 3.38. The Bertz CT molecular complexity index is 323. The maximum atomic E-state index is 12.1. The second-order valence-corrected chi connectivity index (χ2v) is 4.94. The Labute approximate surface area is 142 Å². The number of likely N-dealkylation sites (N-methyl/N-ethyl adjacent to an activating group) is 1. The predicted octanol–water partition coefficient (Wildman–Crippen LogP) is 0.766. The van der Waals surface area contributed by atoms with Gasteiger partial charge in [-0.05, 0) is 19.3 Å². The summed E-state index contributed by atoms with van der Waals surface area (Å²) in [5.41, 5.74) is 0. The average molecular weight is 416 g/mol. The molecule has 1 aliphatic heterocycles. The first-order valence-electron chi connectivity index (χ1n) is 7.03. The minimum Gasteiger partial charge on any atom is -0.376 e. The van der Waals surface area contributed by atoms with Crippen LogP contribution in [0.15, 0.2) is 4.99 Å². The molecule has 0 aliphatic carbocycles. The maximum absolute atomic E-state index is 12.1. The summed E-state index contributed by atoms with van der Waals surface area (Å²) in [6.07, 6.45) is 2.71. The topological polar surface area (TPSA) is 66.0 Å². The molecule has 0 aromatic heterocycles. The number of ether oxygens (including phenoxy) is 1. The molecule has 1 saturated heterocycles. The average Bonchev–Trinajstić information content (AvgIpc) is 2.94. The number of nitrogens with zero attached hydrogens (tertiary/aromatic N) is 2. The molecule has 8 heteroatoms. The number of aliphatic imine (C=N–C) groups is 1. The largest absolute Gasteiger partial charge is 0.376 e. The molecule has 2 N–H and O–H groups in total. The number of nitrogens with one attached hydrogen (secondary N) is 2. The van der Waals surface area contributed by atoms with E-state index < -0.39 is 0 Å². The van der Waals surface area contributed by atoms with Crippen LogP contribution in [0.3, 0.4) is 0 Å². The number of hydrogen-bond acceptors (Lipinski definition) is 3. The maximum Gasteiger partial charge on any atom is 0.243 e. The second-order valence-electron chi connectivity index (χ2n) is 4.94. The number of amides is 1. The number of halogens is 2. The molecular formula is C13H26FIN4O2. The number of hydrogen-bond donors (Lipinski definition) is 2. The van der Waals surface area contributed by atoms with Crippen LogP contribution in [0.4, 0.5) is 4.39 Å². The molecule has 0 spiro atoms. The summed E-state index contributed by atoms with van der Waals surface area (Å²) in [4.78, 5) is 17.2. The van der Waals surface area contributed by atoms with E-state index in [4.69, 9.17) is 4.74 Å². The highest BCUT2D eigenvalue weighted by Crippen LogP contribution is 2.10. The number of rotatable bonds is 7. The van der Waals surface area contributed by atoms with Crippen molar-refractivity contribution in [1.29, 1.82) is 0 Å². The summed E-state index contributed by atoms with van der Waals surface area (Å²) in [5.74, 6) is 0.456. The molecule has 1 heterocycles. The van der Waals surface area contributed by atoms with Crippen molar-refractivity contribution in [3.8, 4) is 0 Å². The van der Waals surface area contributed by atoms with E-state index in [2.05, 4.69) is 15.6 Å². The van der Waals surface area contributed by atoms with E-state index in [1.54, 1.807) is 14.1 Å². The molecule has 1 atom stereocenters. The van der Waals surface area contributed by atoms with E-state index in [0.717, 1.165) is 19.4 Å². The molecule has 1 aliphatic rings. The van der Waals surface area contributed by atoms with Crippen molar-refractivity contribution < 1.29 is 13.9 Å². The van der Waals surface area contributed by atoms with Crippen LogP contribution in [0.25, 0.3) is 0 Å². The molecule has 0 saturated carbocycles. The zero-order valence-corrected chi connectivity index (χ0v) is 15.1. The van der Waals surface area contributed by atoms with Crippen LogP contribution in [-0.2, 0) is 9.53 Å². The highest BCUT2D eigenvalue weighted by atomic mass is 127. The van der Waals surface area contributed by atoms with Crippen molar-refractivity contribution in [2.24, 2.45) is 4.99 Å². The van der Waals surface area contributed by atoms with Crippen LogP contribution in [0, 0.1) is 0 Å². The number of carbonyl (C=O) groups is 1. The van der Waals surface area contributed by atoms with Crippen LogP contribution < -0.4 is 10.6 Å². The van der Waals surface area contributed by atoms with E-state index in [-0.39, 0.29) is 49.2 Å².